The molecule has 6 aromatic heterocycles. The molecule has 0 unspecified atom stereocenters. The minimum Gasteiger partial charge on any atom is -0.354 e. The average molecular weight is 1270 g/mol. The van der Waals surface area contributed by atoms with Crippen molar-refractivity contribution in [1.29, 1.82) is 0 Å². The molecule has 0 radical (unpaired) electrons. The maximum Gasteiger partial charge on any atom is 0.0471 e. The summed E-state index contributed by atoms with van der Waals surface area (Å²) >= 11 is 0. The van der Waals surface area contributed by atoms with E-state index in [9.17, 15) is 0 Å². The molecule has 0 atom stereocenters. The van der Waals surface area contributed by atoms with E-state index in [2.05, 4.69) is 333 Å². The quantitative estimate of drug-likeness (QED) is 0.0817. The summed E-state index contributed by atoms with van der Waals surface area (Å²) in [6.07, 6.45) is 0. The molecule has 462 valence electrons. The fourth-order valence-corrected chi connectivity index (χ4v) is 17.6. The fourth-order valence-electron chi connectivity index (χ4n) is 17.6. The number of hydrogen-bond acceptors (Lipinski definition) is 0. The van der Waals surface area contributed by atoms with Crippen LogP contribution in [0, 0.1) is 0 Å². The molecule has 6 heteroatoms. The van der Waals surface area contributed by atoms with Crippen molar-refractivity contribution in [2.45, 2.75) is 0 Å². The van der Waals surface area contributed by atoms with Crippen LogP contribution < -0.4 is 0 Å². The van der Waals surface area contributed by atoms with Crippen LogP contribution in [-0.4, -0.2) is 29.9 Å². The summed E-state index contributed by atoms with van der Waals surface area (Å²) in [5.74, 6) is 0. The molecule has 6 heterocycles. The van der Waals surface area contributed by atoms with Gasteiger partial charge in [0, 0.05) is 131 Å². The van der Waals surface area contributed by atoms with Gasteiger partial charge in [-0.15, -0.1) is 0 Å². The van der Waals surface area contributed by atoms with Crippen LogP contribution in [0.15, 0.2) is 303 Å². The Morgan fingerprint density at radius 3 is 0.660 bits per heavy atom. The van der Waals surface area contributed by atoms with E-state index in [0.717, 1.165) is 0 Å². The van der Waals surface area contributed by atoms with Crippen LogP contribution in [0.1, 0.15) is 0 Å². The van der Waals surface area contributed by atoms with Gasteiger partial charge < -0.3 is 29.9 Å². The molecule has 0 fully saturated rings. The number of aromatic nitrogens is 6. The van der Waals surface area contributed by atoms with Crippen molar-refractivity contribution in [3.05, 3.63) is 303 Å². The standard InChI is InChI=1S/2C34H20N2.C26H16N2/c1-3-7-23-19(5-1)9-13-27-31(23)33-25-17-22-12-16-30-34(26(22)18-21(25)11-15-29(33)35-27)32-24-8-4-2-6-20(24)10-14-28(32)36-30;1-3-7-21-17-31-27(13-19(21)5-1)33-25-15-24-10-12-30-34(26(24)16-23(25)9-11-29(33)35-31)28-14-20-6-2-4-8-22(20)18-32(28)36-30;1-3-7-21-17(5-1)25-19-13-16-10-12-24-26(18-6-2-4-8-22(18)28-24)20(16)14-15(19)9-11-23(25)27-21/h2*1-18,35-36H;1-14,27-28H. The van der Waals surface area contributed by atoms with Gasteiger partial charge >= 0.3 is 0 Å². The molecule has 0 bridgehead atoms. The Bertz CT molecular complexity index is 7450. The third-order valence-electron chi connectivity index (χ3n) is 22.2. The van der Waals surface area contributed by atoms with Gasteiger partial charge in [0.05, 0.1) is 0 Å². The van der Waals surface area contributed by atoms with Crippen molar-refractivity contribution in [2.24, 2.45) is 0 Å². The molecule has 25 rings (SSSR count). The molecule has 25 aromatic rings. The molecule has 19 aromatic carbocycles. The molecule has 100 heavy (non-hydrogen) atoms. The lowest BCUT2D eigenvalue weighted by Gasteiger charge is -2.08. The van der Waals surface area contributed by atoms with Crippen molar-refractivity contribution in [3.8, 4) is 0 Å². The lowest BCUT2D eigenvalue weighted by molar-refractivity contribution is 1.55. The summed E-state index contributed by atoms with van der Waals surface area (Å²) in [6, 6.07) is 111. The number of benzene rings is 19. The van der Waals surface area contributed by atoms with Gasteiger partial charge in [0.1, 0.15) is 0 Å². The van der Waals surface area contributed by atoms with E-state index in [1.165, 1.54) is 239 Å². The highest BCUT2D eigenvalue weighted by Crippen LogP contribution is 2.45. The van der Waals surface area contributed by atoms with Gasteiger partial charge in [0.2, 0.25) is 0 Å². The fraction of sp³-hybridized carbons (Fsp3) is 0. The lowest BCUT2D eigenvalue weighted by atomic mass is 9.95. The van der Waals surface area contributed by atoms with Crippen LogP contribution in [0.25, 0.3) is 239 Å². The first-order chi connectivity index (χ1) is 49.5. The number of para-hydroxylation sites is 2. The molecular weight excluding hydrogens is 1210 g/mol. The Morgan fingerprint density at radius 1 is 0.110 bits per heavy atom. The van der Waals surface area contributed by atoms with E-state index in [1.54, 1.807) is 0 Å². The number of aromatic amines is 6. The van der Waals surface area contributed by atoms with E-state index in [4.69, 9.17) is 0 Å². The number of nitrogens with one attached hydrogen (secondary N) is 6. The van der Waals surface area contributed by atoms with Crippen LogP contribution in [-0.2, 0) is 0 Å². The molecular formula is C94H56N6. The van der Waals surface area contributed by atoms with Crippen molar-refractivity contribution in [2.75, 3.05) is 0 Å². The molecule has 0 aliphatic carbocycles. The van der Waals surface area contributed by atoms with E-state index < -0.39 is 0 Å². The van der Waals surface area contributed by atoms with Crippen LogP contribution in [0.4, 0.5) is 0 Å². The molecule has 0 aliphatic rings. The highest BCUT2D eigenvalue weighted by molar-refractivity contribution is 6.34. The zero-order valence-electron chi connectivity index (χ0n) is 53.9. The summed E-state index contributed by atoms with van der Waals surface area (Å²) in [4.78, 5) is 21.8. The van der Waals surface area contributed by atoms with E-state index >= 15 is 0 Å². The predicted octanol–water partition coefficient (Wildman–Crippen LogP) is 26.4. The van der Waals surface area contributed by atoms with Gasteiger partial charge in [-0.3, -0.25) is 0 Å². The van der Waals surface area contributed by atoms with Crippen LogP contribution in [0.5, 0.6) is 0 Å². The summed E-state index contributed by atoms with van der Waals surface area (Å²) < 4.78 is 0. The van der Waals surface area contributed by atoms with Crippen LogP contribution in [0.3, 0.4) is 0 Å². The largest absolute Gasteiger partial charge is 0.354 e. The lowest BCUT2D eigenvalue weighted by Crippen LogP contribution is -1.81. The van der Waals surface area contributed by atoms with E-state index in [0.29, 0.717) is 0 Å². The maximum atomic E-state index is 3.68. The summed E-state index contributed by atoms with van der Waals surface area (Å²) in [7, 11) is 0. The van der Waals surface area contributed by atoms with Crippen molar-refractivity contribution in [1.82, 2.24) is 29.9 Å². The zero-order valence-corrected chi connectivity index (χ0v) is 53.9. The van der Waals surface area contributed by atoms with Gasteiger partial charge in [-0.25, -0.2) is 0 Å². The Balaban J connectivity index is 0.0000000939. The minimum absolute atomic E-state index is 1.19. The first kappa shape index (κ1) is 53.8. The van der Waals surface area contributed by atoms with Crippen LogP contribution >= 0.6 is 0 Å². The summed E-state index contributed by atoms with van der Waals surface area (Å²) in [5, 5.41) is 41.3. The van der Waals surface area contributed by atoms with Gasteiger partial charge in [0.25, 0.3) is 0 Å². The molecule has 6 N–H and O–H groups in total. The molecule has 0 aliphatic heterocycles. The van der Waals surface area contributed by atoms with E-state index in [1.807, 2.05) is 0 Å². The first-order valence-electron chi connectivity index (χ1n) is 34.5. The second-order valence-corrected chi connectivity index (χ2v) is 27.6. The van der Waals surface area contributed by atoms with Crippen molar-refractivity contribution in [3.63, 3.8) is 0 Å². The average Bonchev–Trinajstić information content (AvgIpc) is 1.52. The monoisotopic (exact) mass is 1270 g/mol. The molecule has 0 amide bonds. The Hall–Kier alpha value is -13.4. The summed E-state index contributed by atoms with van der Waals surface area (Å²) in [6.45, 7) is 0. The van der Waals surface area contributed by atoms with Crippen LogP contribution in [0.2, 0.25) is 0 Å². The molecule has 0 saturated carbocycles. The molecule has 0 spiro atoms. The second-order valence-electron chi connectivity index (χ2n) is 27.6. The minimum atomic E-state index is 1.19. The Morgan fingerprint density at radius 2 is 0.320 bits per heavy atom. The molecule has 0 saturated heterocycles. The van der Waals surface area contributed by atoms with Gasteiger partial charge in [-0.2, -0.15) is 0 Å². The highest BCUT2D eigenvalue weighted by Gasteiger charge is 2.19. The third kappa shape index (κ3) is 7.72. The second kappa shape index (κ2) is 20.1. The number of rotatable bonds is 0. The number of H-pyrrole nitrogens is 6. The SMILES string of the molecule is c1ccc2c(c1)[nH]c1ccc3cc4c(ccc5[nH]c6ccccc6c54)cc3c12.c1ccc2c(c1)ccc1[nH]c3ccc4cc5c(ccc6[nH]c7ccc8ccccc8c7c65)cc4c3c12.c1ccc2cc3c(cc2c1)[nH]c1ccc2cc4c(ccc5[nH]c6cc7ccccc7cc6c54)cc2c13. The van der Waals surface area contributed by atoms with Crippen molar-refractivity contribution >= 4 is 239 Å². The normalized spacial score (nSPS) is 12.4. The summed E-state index contributed by atoms with van der Waals surface area (Å²) in [5.41, 5.74) is 14.3. The van der Waals surface area contributed by atoms with Crippen molar-refractivity contribution < 1.29 is 0 Å². The topological polar surface area (TPSA) is 94.7 Å². The van der Waals surface area contributed by atoms with Gasteiger partial charge in [0.15, 0.2) is 0 Å². The smallest absolute Gasteiger partial charge is 0.0471 e. The number of hydrogen-bond donors (Lipinski definition) is 6. The Kier molecular flexibility index (Phi) is 10.8. The highest BCUT2D eigenvalue weighted by atomic mass is 14.7. The Labute approximate surface area is 568 Å². The maximum absolute atomic E-state index is 3.68. The van der Waals surface area contributed by atoms with Gasteiger partial charge in [-0.1, -0.05) is 182 Å². The predicted molar refractivity (Wildman–Crippen MR) is 431 cm³/mol. The zero-order chi connectivity index (χ0) is 65.0. The van der Waals surface area contributed by atoms with E-state index in [-0.39, 0.29) is 0 Å². The first-order valence-corrected chi connectivity index (χ1v) is 34.5. The number of fused-ring (bicyclic) bond motifs is 36. The third-order valence-corrected chi connectivity index (χ3v) is 22.2. The molecule has 6 nitrogen and oxygen atoms in total. The van der Waals surface area contributed by atoms with Gasteiger partial charge in [-0.05, 0) is 229 Å².